The summed E-state index contributed by atoms with van der Waals surface area (Å²) in [6.45, 7) is 8.85. The van der Waals surface area contributed by atoms with Crippen LogP contribution in [0.1, 0.15) is 30.8 Å². The third kappa shape index (κ3) is 1.95. The summed E-state index contributed by atoms with van der Waals surface area (Å²) in [5.41, 5.74) is 3.61. The van der Waals surface area contributed by atoms with Crippen molar-refractivity contribution in [2.75, 3.05) is 0 Å². The molecule has 0 aliphatic carbocycles. The second-order valence-corrected chi connectivity index (χ2v) is 3.72. The zero-order valence-corrected chi connectivity index (χ0v) is 9.33. The highest BCUT2D eigenvalue weighted by Crippen LogP contribution is 2.14. The average molecular weight is 191 g/mol. The lowest BCUT2D eigenvalue weighted by Crippen LogP contribution is -2.09. The lowest BCUT2D eigenvalue weighted by molar-refractivity contribution is 0.515. The lowest BCUT2D eigenvalue weighted by Gasteiger charge is -2.05. The van der Waals surface area contributed by atoms with Crippen LogP contribution in [0.2, 0.25) is 0 Å². The monoisotopic (exact) mass is 191 g/mol. The second-order valence-electron chi connectivity index (χ2n) is 3.72. The Morgan fingerprint density at radius 2 is 2.14 bits per heavy atom. The van der Waals surface area contributed by atoms with Gasteiger partial charge in [0.05, 0.1) is 24.2 Å². The molecule has 14 heavy (non-hydrogen) atoms. The topological polar surface area (TPSA) is 41.6 Å². The molecule has 1 aromatic heterocycles. The SMILES string of the molecule is CCc1c(C)nn(CC(C)C#N)c1C. The van der Waals surface area contributed by atoms with Gasteiger partial charge in [0, 0.05) is 5.69 Å². The van der Waals surface area contributed by atoms with Gasteiger partial charge in [-0.1, -0.05) is 6.92 Å². The molecule has 0 saturated heterocycles. The number of rotatable bonds is 3. The summed E-state index contributed by atoms with van der Waals surface area (Å²) >= 11 is 0. The van der Waals surface area contributed by atoms with Crippen LogP contribution < -0.4 is 0 Å². The van der Waals surface area contributed by atoms with Gasteiger partial charge in [-0.25, -0.2) is 0 Å². The van der Waals surface area contributed by atoms with Crippen LogP contribution in [0.3, 0.4) is 0 Å². The van der Waals surface area contributed by atoms with E-state index in [0.29, 0.717) is 6.54 Å². The zero-order chi connectivity index (χ0) is 10.7. The minimum atomic E-state index is 0.0257. The van der Waals surface area contributed by atoms with Crippen LogP contribution >= 0.6 is 0 Å². The summed E-state index contributed by atoms with van der Waals surface area (Å²) in [4.78, 5) is 0. The summed E-state index contributed by atoms with van der Waals surface area (Å²) in [6, 6.07) is 2.23. The highest BCUT2D eigenvalue weighted by molar-refractivity contribution is 5.24. The van der Waals surface area contributed by atoms with Gasteiger partial charge in [0.1, 0.15) is 0 Å². The van der Waals surface area contributed by atoms with Gasteiger partial charge in [-0.15, -0.1) is 0 Å². The Hall–Kier alpha value is -1.30. The van der Waals surface area contributed by atoms with E-state index < -0.39 is 0 Å². The maximum absolute atomic E-state index is 8.73. The molecule has 0 N–H and O–H groups in total. The van der Waals surface area contributed by atoms with E-state index in [-0.39, 0.29) is 5.92 Å². The van der Waals surface area contributed by atoms with E-state index in [0.717, 1.165) is 12.1 Å². The Kier molecular flexibility index (Phi) is 3.29. The fraction of sp³-hybridized carbons (Fsp3) is 0.636. The molecule has 0 aliphatic heterocycles. The number of aromatic nitrogens is 2. The molecular weight excluding hydrogens is 174 g/mol. The molecule has 0 aromatic carbocycles. The van der Waals surface area contributed by atoms with Crippen LogP contribution in [0.5, 0.6) is 0 Å². The first-order valence-corrected chi connectivity index (χ1v) is 5.02. The van der Waals surface area contributed by atoms with E-state index in [1.54, 1.807) is 0 Å². The van der Waals surface area contributed by atoms with Crippen molar-refractivity contribution >= 4 is 0 Å². The van der Waals surface area contributed by atoms with Gasteiger partial charge in [-0.3, -0.25) is 4.68 Å². The summed E-state index contributed by atoms with van der Waals surface area (Å²) in [6.07, 6.45) is 1.01. The molecule has 76 valence electrons. The zero-order valence-electron chi connectivity index (χ0n) is 9.33. The highest BCUT2D eigenvalue weighted by atomic mass is 15.3. The number of nitriles is 1. The molecule has 0 fully saturated rings. The number of aryl methyl sites for hydroxylation is 1. The molecule has 1 rings (SSSR count). The Morgan fingerprint density at radius 1 is 1.50 bits per heavy atom. The molecule has 1 aromatic rings. The molecule has 0 radical (unpaired) electrons. The van der Waals surface area contributed by atoms with E-state index in [1.807, 2.05) is 18.5 Å². The van der Waals surface area contributed by atoms with Gasteiger partial charge in [-0.2, -0.15) is 10.4 Å². The van der Waals surface area contributed by atoms with E-state index in [4.69, 9.17) is 5.26 Å². The van der Waals surface area contributed by atoms with Crippen LogP contribution in [0.15, 0.2) is 0 Å². The first-order chi connectivity index (χ1) is 6.60. The van der Waals surface area contributed by atoms with Crippen molar-refractivity contribution in [2.45, 2.75) is 40.7 Å². The fourth-order valence-electron chi connectivity index (χ4n) is 1.72. The van der Waals surface area contributed by atoms with E-state index in [9.17, 15) is 0 Å². The van der Waals surface area contributed by atoms with Gasteiger partial charge in [0.2, 0.25) is 0 Å². The van der Waals surface area contributed by atoms with Crippen LogP contribution in [0.25, 0.3) is 0 Å². The van der Waals surface area contributed by atoms with Crippen molar-refractivity contribution in [1.82, 2.24) is 9.78 Å². The van der Waals surface area contributed by atoms with Gasteiger partial charge in [0.25, 0.3) is 0 Å². The minimum Gasteiger partial charge on any atom is -0.268 e. The third-order valence-electron chi connectivity index (χ3n) is 2.55. The Bertz CT molecular complexity index is 357. The van der Waals surface area contributed by atoms with Gasteiger partial charge >= 0.3 is 0 Å². The predicted molar refractivity (Wildman–Crippen MR) is 55.9 cm³/mol. The fourth-order valence-corrected chi connectivity index (χ4v) is 1.72. The molecule has 0 aliphatic rings. The average Bonchev–Trinajstić information content (AvgIpc) is 2.42. The molecule has 0 amide bonds. The smallest absolute Gasteiger partial charge is 0.0672 e. The molecule has 0 saturated carbocycles. The molecule has 0 spiro atoms. The maximum Gasteiger partial charge on any atom is 0.0672 e. The van der Waals surface area contributed by atoms with Crippen molar-refractivity contribution in [1.29, 1.82) is 5.26 Å². The second kappa shape index (κ2) is 4.28. The van der Waals surface area contributed by atoms with E-state index >= 15 is 0 Å². The Labute approximate surface area is 85.4 Å². The summed E-state index contributed by atoms with van der Waals surface area (Å²) in [5, 5.41) is 13.2. The summed E-state index contributed by atoms with van der Waals surface area (Å²) in [7, 11) is 0. The van der Waals surface area contributed by atoms with Crippen molar-refractivity contribution < 1.29 is 0 Å². The first kappa shape index (κ1) is 10.8. The van der Waals surface area contributed by atoms with Crippen LogP contribution in [-0.4, -0.2) is 9.78 Å². The molecule has 1 unspecified atom stereocenters. The quantitative estimate of drug-likeness (QED) is 0.735. The van der Waals surface area contributed by atoms with Gasteiger partial charge < -0.3 is 0 Å². The standard InChI is InChI=1S/C11H17N3/c1-5-11-9(3)13-14(10(11)4)7-8(2)6-12/h8H,5,7H2,1-4H3. The third-order valence-corrected chi connectivity index (χ3v) is 2.55. The molecule has 0 bridgehead atoms. The maximum atomic E-state index is 8.73. The van der Waals surface area contributed by atoms with E-state index in [1.165, 1.54) is 11.3 Å². The normalized spacial score (nSPS) is 12.5. The molecule has 3 nitrogen and oxygen atoms in total. The van der Waals surface area contributed by atoms with Crippen molar-refractivity contribution in [3.63, 3.8) is 0 Å². The van der Waals surface area contributed by atoms with Crippen molar-refractivity contribution in [2.24, 2.45) is 5.92 Å². The summed E-state index contributed by atoms with van der Waals surface area (Å²) in [5.74, 6) is 0.0257. The minimum absolute atomic E-state index is 0.0257. The molecular formula is C11H17N3. The van der Waals surface area contributed by atoms with Crippen molar-refractivity contribution in [3.05, 3.63) is 17.0 Å². The van der Waals surface area contributed by atoms with Gasteiger partial charge in [0.15, 0.2) is 0 Å². The summed E-state index contributed by atoms with van der Waals surface area (Å²) < 4.78 is 1.95. The Balaban J connectivity index is 2.95. The predicted octanol–water partition coefficient (Wildman–Crippen LogP) is 2.22. The number of nitrogens with zero attached hydrogens (tertiary/aromatic N) is 3. The van der Waals surface area contributed by atoms with Crippen LogP contribution in [0.4, 0.5) is 0 Å². The lowest BCUT2D eigenvalue weighted by atomic mass is 10.1. The Morgan fingerprint density at radius 3 is 2.57 bits per heavy atom. The number of hydrogen-bond donors (Lipinski definition) is 0. The van der Waals surface area contributed by atoms with Crippen LogP contribution in [0, 0.1) is 31.1 Å². The largest absolute Gasteiger partial charge is 0.268 e. The highest BCUT2D eigenvalue weighted by Gasteiger charge is 2.11. The molecule has 1 atom stereocenters. The number of hydrogen-bond acceptors (Lipinski definition) is 2. The molecule has 1 heterocycles. The van der Waals surface area contributed by atoms with Crippen molar-refractivity contribution in [3.8, 4) is 6.07 Å². The van der Waals surface area contributed by atoms with Gasteiger partial charge in [-0.05, 0) is 32.8 Å². The first-order valence-electron chi connectivity index (χ1n) is 5.02. The van der Waals surface area contributed by atoms with E-state index in [2.05, 4.69) is 25.0 Å². The van der Waals surface area contributed by atoms with Crippen LogP contribution in [-0.2, 0) is 13.0 Å². The molecule has 3 heteroatoms.